The van der Waals surface area contributed by atoms with E-state index in [2.05, 4.69) is 5.32 Å². The Labute approximate surface area is 86.2 Å². The summed E-state index contributed by atoms with van der Waals surface area (Å²) in [5, 5.41) is 2.86. The van der Waals surface area contributed by atoms with Crippen LogP contribution in [0.15, 0.2) is 0 Å². The number of nitrogens with two attached hydrogens (primary N) is 1. The van der Waals surface area contributed by atoms with Gasteiger partial charge in [-0.2, -0.15) is 0 Å². The Kier molecular flexibility index (Phi) is 10.0. The molecule has 0 rings (SSSR count). The molecule has 0 aliphatic rings. The normalized spacial score (nSPS) is 10.1. The molecule has 3 N–H and O–H groups in total. The average molecular weight is 202 g/mol. The lowest BCUT2D eigenvalue weighted by Crippen LogP contribution is -2.24. The van der Waals surface area contributed by atoms with E-state index in [1.54, 1.807) is 7.11 Å². The van der Waals surface area contributed by atoms with Crippen LogP contribution in [0.3, 0.4) is 0 Å². The SMILES string of the molecule is COCCCCCNC(=O)CCCN. The smallest absolute Gasteiger partial charge is 0.220 e. The van der Waals surface area contributed by atoms with Gasteiger partial charge in [0.05, 0.1) is 0 Å². The van der Waals surface area contributed by atoms with Gasteiger partial charge in [0.2, 0.25) is 5.91 Å². The molecular formula is C10H22N2O2. The fourth-order valence-corrected chi connectivity index (χ4v) is 1.13. The van der Waals surface area contributed by atoms with Gasteiger partial charge in [0.25, 0.3) is 0 Å². The van der Waals surface area contributed by atoms with Crippen LogP contribution in [-0.2, 0) is 9.53 Å². The first-order valence-corrected chi connectivity index (χ1v) is 5.27. The maximum Gasteiger partial charge on any atom is 0.220 e. The molecule has 0 aliphatic heterocycles. The molecule has 0 radical (unpaired) electrons. The molecular weight excluding hydrogens is 180 g/mol. The van der Waals surface area contributed by atoms with Crippen molar-refractivity contribution in [2.45, 2.75) is 32.1 Å². The molecule has 0 spiro atoms. The molecule has 4 nitrogen and oxygen atoms in total. The van der Waals surface area contributed by atoms with Crippen molar-refractivity contribution < 1.29 is 9.53 Å². The third-order valence-electron chi connectivity index (χ3n) is 1.96. The zero-order chi connectivity index (χ0) is 10.6. The second-order valence-corrected chi connectivity index (χ2v) is 3.30. The minimum atomic E-state index is 0.113. The van der Waals surface area contributed by atoms with Crippen molar-refractivity contribution in [3.8, 4) is 0 Å². The van der Waals surface area contributed by atoms with Gasteiger partial charge in [-0.15, -0.1) is 0 Å². The van der Waals surface area contributed by atoms with Gasteiger partial charge >= 0.3 is 0 Å². The van der Waals surface area contributed by atoms with Crippen molar-refractivity contribution in [3.63, 3.8) is 0 Å². The van der Waals surface area contributed by atoms with E-state index in [4.69, 9.17) is 10.5 Å². The van der Waals surface area contributed by atoms with Crippen molar-refractivity contribution in [2.75, 3.05) is 26.8 Å². The molecule has 4 heteroatoms. The predicted octanol–water partition coefficient (Wildman–Crippen LogP) is 0.658. The highest BCUT2D eigenvalue weighted by Crippen LogP contribution is 1.94. The van der Waals surface area contributed by atoms with E-state index >= 15 is 0 Å². The standard InChI is InChI=1S/C10H22N2O2/c1-14-9-4-2-3-8-12-10(13)6-5-7-11/h2-9,11H2,1H3,(H,12,13). The first-order valence-electron chi connectivity index (χ1n) is 5.27. The lowest BCUT2D eigenvalue weighted by Gasteiger charge is -2.04. The van der Waals surface area contributed by atoms with Gasteiger partial charge in [-0.25, -0.2) is 0 Å². The zero-order valence-electron chi connectivity index (χ0n) is 9.05. The average Bonchev–Trinajstić information content (AvgIpc) is 2.20. The highest BCUT2D eigenvalue weighted by molar-refractivity contribution is 5.75. The Morgan fingerprint density at radius 1 is 1.29 bits per heavy atom. The van der Waals surface area contributed by atoms with Crippen molar-refractivity contribution in [2.24, 2.45) is 5.73 Å². The van der Waals surface area contributed by atoms with Gasteiger partial charge in [-0.05, 0) is 32.2 Å². The number of unbranched alkanes of at least 4 members (excludes halogenated alkanes) is 2. The van der Waals surface area contributed by atoms with E-state index < -0.39 is 0 Å². The molecule has 0 aromatic rings. The molecule has 0 saturated carbocycles. The van der Waals surface area contributed by atoms with E-state index in [1.165, 1.54) is 0 Å². The fraction of sp³-hybridized carbons (Fsp3) is 0.900. The molecule has 0 bridgehead atoms. The summed E-state index contributed by atoms with van der Waals surface area (Å²) >= 11 is 0. The van der Waals surface area contributed by atoms with Crippen molar-refractivity contribution in [1.82, 2.24) is 5.32 Å². The van der Waals surface area contributed by atoms with Crippen LogP contribution in [0.4, 0.5) is 0 Å². The largest absolute Gasteiger partial charge is 0.385 e. The molecule has 0 unspecified atom stereocenters. The number of carbonyl (C=O) groups is 1. The zero-order valence-corrected chi connectivity index (χ0v) is 9.05. The number of carbonyl (C=O) groups excluding carboxylic acids is 1. The molecule has 14 heavy (non-hydrogen) atoms. The van der Waals surface area contributed by atoms with Gasteiger partial charge < -0.3 is 15.8 Å². The topological polar surface area (TPSA) is 64.3 Å². The lowest BCUT2D eigenvalue weighted by molar-refractivity contribution is -0.121. The Hall–Kier alpha value is -0.610. The minimum absolute atomic E-state index is 0.113. The molecule has 0 saturated heterocycles. The van der Waals surface area contributed by atoms with E-state index in [0.29, 0.717) is 13.0 Å². The number of ether oxygens (including phenoxy) is 1. The Bertz CT molecular complexity index is 140. The van der Waals surface area contributed by atoms with Gasteiger partial charge in [0, 0.05) is 26.7 Å². The Morgan fingerprint density at radius 2 is 2.07 bits per heavy atom. The van der Waals surface area contributed by atoms with Crippen LogP contribution >= 0.6 is 0 Å². The lowest BCUT2D eigenvalue weighted by atomic mass is 10.2. The van der Waals surface area contributed by atoms with E-state index in [-0.39, 0.29) is 5.91 Å². The number of methoxy groups -OCH3 is 1. The van der Waals surface area contributed by atoms with Crippen molar-refractivity contribution in [1.29, 1.82) is 0 Å². The van der Waals surface area contributed by atoms with Gasteiger partial charge in [-0.1, -0.05) is 0 Å². The van der Waals surface area contributed by atoms with Crippen LogP contribution in [0.2, 0.25) is 0 Å². The Balaban J connectivity index is 3.07. The van der Waals surface area contributed by atoms with Crippen LogP contribution in [0.25, 0.3) is 0 Å². The number of rotatable bonds is 9. The third kappa shape index (κ3) is 9.48. The summed E-state index contributed by atoms with van der Waals surface area (Å²) in [7, 11) is 1.70. The second-order valence-electron chi connectivity index (χ2n) is 3.30. The van der Waals surface area contributed by atoms with Crippen molar-refractivity contribution in [3.05, 3.63) is 0 Å². The molecule has 0 aromatic carbocycles. The van der Waals surface area contributed by atoms with Gasteiger partial charge in [0.15, 0.2) is 0 Å². The summed E-state index contributed by atoms with van der Waals surface area (Å²) in [6.45, 7) is 2.16. The molecule has 0 fully saturated rings. The molecule has 0 atom stereocenters. The monoisotopic (exact) mass is 202 g/mol. The van der Waals surface area contributed by atoms with Gasteiger partial charge in [0.1, 0.15) is 0 Å². The number of hydrogen-bond acceptors (Lipinski definition) is 3. The number of hydrogen-bond donors (Lipinski definition) is 2. The van der Waals surface area contributed by atoms with E-state index in [1.807, 2.05) is 0 Å². The summed E-state index contributed by atoms with van der Waals surface area (Å²) in [6.07, 6.45) is 4.52. The fourth-order valence-electron chi connectivity index (χ4n) is 1.13. The molecule has 0 aromatic heterocycles. The molecule has 0 heterocycles. The quantitative estimate of drug-likeness (QED) is 0.540. The summed E-state index contributed by atoms with van der Waals surface area (Å²) in [5.74, 6) is 0.113. The molecule has 0 aliphatic carbocycles. The van der Waals surface area contributed by atoms with Crippen LogP contribution in [0.1, 0.15) is 32.1 Å². The van der Waals surface area contributed by atoms with Crippen LogP contribution in [-0.4, -0.2) is 32.7 Å². The van der Waals surface area contributed by atoms with Gasteiger partial charge in [-0.3, -0.25) is 4.79 Å². The highest BCUT2D eigenvalue weighted by Gasteiger charge is 1.98. The summed E-state index contributed by atoms with van der Waals surface area (Å²) in [4.78, 5) is 11.1. The molecule has 84 valence electrons. The predicted molar refractivity (Wildman–Crippen MR) is 57.0 cm³/mol. The van der Waals surface area contributed by atoms with Crippen molar-refractivity contribution >= 4 is 5.91 Å². The maximum absolute atomic E-state index is 11.1. The summed E-state index contributed by atoms with van der Waals surface area (Å²) in [6, 6.07) is 0. The second kappa shape index (κ2) is 10.5. The number of nitrogens with one attached hydrogen (secondary N) is 1. The maximum atomic E-state index is 11.1. The Morgan fingerprint density at radius 3 is 2.71 bits per heavy atom. The first kappa shape index (κ1) is 13.4. The number of amides is 1. The molecule has 1 amide bonds. The van der Waals surface area contributed by atoms with Crippen LogP contribution < -0.4 is 11.1 Å². The summed E-state index contributed by atoms with van der Waals surface area (Å²) < 4.78 is 4.92. The minimum Gasteiger partial charge on any atom is -0.385 e. The third-order valence-corrected chi connectivity index (χ3v) is 1.96. The highest BCUT2D eigenvalue weighted by atomic mass is 16.5. The van der Waals surface area contributed by atoms with Crippen LogP contribution in [0.5, 0.6) is 0 Å². The summed E-state index contributed by atoms with van der Waals surface area (Å²) in [5.41, 5.74) is 5.29. The first-order chi connectivity index (χ1) is 6.81. The van der Waals surface area contributed by atoms with E-state index in [9.17, 15) is 4.79 Å². The van der Waals surface area contributed by atoms with E-state index in [0.717, 1.165) is 38.8 Å². The van der Waals surface area contributed by atoms with Crippen LogP contribution in [0, 0.1) is 0 Å².